The number of Topliss-reactive ketones (excluding diaryl/α,β-unsaturated/α-hetero) is 1. The van der Waals surface area contributed by atoms with E-state index >= 15 is 0 Å². The summed E-state index contributed by atoms with van der Waals surface area (Å²) in [7, 11) is 0. The standard InChI is InChI=1S/C15H16O/c1-10-4-7-13(8-5-10)15-11(2)6-9-14(15)12(3)16/h4-9,14-15H,2H2,1,3H3/t14-,15-/m1/s1. The van der Waals surface area contributed by atoms with E-state index in [0.29, 0.717) is 0 Å². The van der Waals surface area contributed by atoms with Crippen LogP contribution in [0.3, 0.4) is 0 Å². The summed E-state index contributed by atoms with van der Waals surface area (Å²) >= 11 is 0. The second-order valence-electron chi connectivity index (χ2n) is 4.46. The molecule has 2 atom stereocenters. The Balaban J connectivity index is 2.35. The van der Waals surface area contributed by atoms with Crippen LogP contribution in [0.5, 0.6) is 0 Å². The van der Waals surface area contributed by atoms with Gasteiger partial charge in [-0.25, -0.2) is 0 Å². The summed E-state index contributed by atoms with van der Waals surface area (Å²) in [6, 6.07) is 8.35. The lowest BCUT2D eigenvalue weighted by Gasteiger charge is -2.18. The Hall–Kier alpha value is -1.63. The molecule has 1 nitrogen and oxygen atoms in total. The fraction of sp³-hybridized carbons (Fsp3) is 0.267. The number of rotatable bonds is 2. The van der Waals surface area contributed by atoms with Crippen molar-refractivity contribution in [3.8, 4) is 0 Å². The van der Waals surface area contributed by atoms with Gasteiger partial charge in [-0.15, -0.1) is 0 Å². The van der Waals surface area contributed by atoms with Crippen LogP contribution in [-0.2, 0) is 4.79 Å². The van der Waals surface area contributed by atoms with E-state index in [1.54, 1.807) is 6.92 Å². The molecular weight excluding hydrogens is 196 g/mol. The third kappa shape index (κ3) is 1.85. The number of benzene rings is 1. The van der Waals surface area contributed by atoms with E-state index < -0.39 is 0 Å². The Labute approximate surface area is 96.5 Å². The third-order valence-electron chi connectivity index (χ3n) is 3.18. The Bertz CT molecular complexity index is 451. The summed E-state index contributed by atoms with van der Waals surface area (Å²) in [5.41, 5.74) is 3.45. The minimum atomic E-state index is -0.0322. The van der Waals surface area contributed by atoms with Crippen molar-refractivity contribution >= 4 is 5.78 Å². The Morgan fingerprint density at radius 1 is 1.25 bits per heavy atom. The van der Waals surface area contributed by atoms with Crippen molar-refractivity contribution in [3.05, 3.63) is 59.7 Å². The quantitative estimate of drug-likeness (QED) is 0.734. The maximum Gasteiger partial charge on any atom is 0.137 e. The molecule has 0 saturated heterocycles. The molecule has 0 unspecified atom stereocenters. The first kappa shape index (κ1) is 10.9. The highest BCUT2D eigenvalue weighted by molar-refractivity contribution is 5.83. The molecule has 1 aliphatic carbocycles. The first-order valence-electron chi connectivity index (χ1n) is 5.53. The van der Waals surface area contributed by atoms with Gasteiger partial charge in [0, 0.05) is 11.8 Å². The first-order valence-corrected chi connectivity index (χ1v) is 5.53. The first-order chi connectivity index (χ1) is 7.59. The number of carbonyl (C=O) groups excluding carboxylic acids is 1. The van der Waals surface area contributed by atoms with Crippen molar-refractivity contribution < 1.29 is 4.79 Å². The SMILES string of the molecule is C=C1C=C[C@H](C(C)=O)[C@H]1c1ccc(C)cc1. The van der Waals surface area contributed by atoms with Gasteiger partial charge in [0.2, 0.25) is 0 Å². The van der Waals surface area contributed by atoms with E-state index in [1.165, 1.54) is 11.1 Å². The maximum absolute atomic E-state index is 11.5. The average Bonchev–Trinajstić information content (AvgIpc) is 2.62. The molecule has 0 heterocycles. The highest BCUT2D eigenvalue weighted by Crippen LogP contribution is 2.38. The summed E-state index contributed by atoms with van der Waals surface area (Å²) in [5, 5.41) is 0. The maximum atomic E-state index is 11.5. The van der Waals surface area contributed by atoms with Gasteiger partial charge >= 0.3 is 0 Å². The van der Waals surface area contributed by atoms with Gasteiger partial charge in [0.05, 0.1) is 0 Å². The predicted molar refractivity (Wildman–Crippen MR) is 66.4 cm³/mol. The van der Waals surface area contributed by atoms with Gasteiger partial charge in [-0.2, -0.15) is 0 Å². The van der Waals surface area contributed by atoms with Crippen LogP contribution in [0.2, 0.25) is 0 Å². The third-order valence-corrected chi connectivity index (χ3v) is 3.18. The fourth-order valence-electron chi connectivity index (χ4n) is 2.24. The van der Waals surface area contributed by atoms with Crippen LogP contribution in [0.4, 0.5) is 0 Å². The number of carbonyl (C=O) groups is 1. The van der Waals surface area contributed by atoms with Crippen LogP contribution in [0.15, 0.2) is 48.6 Å². The summed E-state index contributed by atoms with van der Waals surface area (Å²) in [6.45, 7) is 7.74. The van der Waals surface area contributed by atoms with Gasteiger partial charge in [0.1, 0.15) is 5.78 Å². The van der Waals surface area contributed by atoms with Crippen molar-refractivity contribution in [2.24, 2.45) is 5.92 Å². The molecule has 0 radical (unpaired) electrons. The molecule has 0 bridgehead atoms. The molecule has 1 aromatic carbocycles. The smallest absolute Gasteiger partial charge is 0.137 e. The van der Waals surface area contributed by atoms with Crippen LogP contribution in [0, 0.1) is 12.8 Å². The molecule has 2 rings (SSSR count). The van der Waals surface area contributed by atoms with Crippen molar-refractivity contribution in [3.63, 3.8) is 0 Å². The second-order valence-corrected chi connectivity index (χ2v) is 4.46. The van der Waals surface area contributed by atoms with Crippen molar-refractivity contribution in [1.29, 1.82) is 0 Å². The summed E-state index contributed by atoms with van der Waals surface area (Å²) in [5.74, 6) is 0.314. The van der Waals surface area contributed by atoms with E-state index in [0.717, 1.165) is 5.57 Å². The van der Waals surface area contributed by atoms with Gasteiger partial charge in [0.15, 0.2) is 0 Å². The van der Waals surface area contributed by atoms with E-state index in [4.69, 9.17) is 0 Å². The molecule has 1 heteroatoms. The van der Waals surface area contributed by atoms with E-state index in [9.17, 15) is 4.79 Å². The van der Waals surface area contributed by atoms with Gasteiger partial charge < -0.3 is 0 Å². The van der Waals surface area contributed by atoms with Crippen LogP contribution in [0.1, 0.15) is 24.0 Å². The second kappa shape index (κ2) is 4.09. The van der Waals surface area contributed by atoms with Crippen LogP contribution < -0.4 is 0 Å². The number of ketones is 1. The molecule has 0 amide bonds. The van der Waals surface area contributed by atoms with E-state index in [2.05, 4.69) is 37.8 Å². The van der Waals surface area contributed by atoms with Crippen molar-refractivity contribution in [2.75, 3.05) is 0 Å². The number of allylic oxidation sites excluding steroid dienone is 3. The highest BCUT2D eigenvalue weighted by atomic mass is 16.1. The molecule has 0 N–H and O–H groups in total. The lowest BCUT2D eigenvalue weighted by Crippen LogP contribution is -2.15. The summed E-state index contributed by atoms with van der Waals surface area (Å²) in [6.07, 6.45) is 3.94. The molecule has 0 aliphatic heterocycles. The van der Waals surface area contributed by atoms with Gasteiger partial charge in [0.25, 0.3) is 0 Å². The minimum absolute atomic E-state index is 0.0322. The molecule has 82 valence electrons. The number of aryl methyl sites for hydroxylation is 1. The minimum Gasteiger partial charge on any atom is -0.299 e. The summed E-state index contributed by atoms with van der Waals surface area (Å²) in [4.78, 5) is 11.5. The lowest BCUT2D eigenvalue weighted by molar-refractivity contribution is -0.119. The van der Waals surface area contributed by atoms with Gasteiger partial charge in [-0.05, 0) is 25.0 Å². The number of hydrogen-bond donors (Lipinski definition) is 0. The Morgan fingerprint density at radius 3 is 2.44 bits per heavy atom. The zero-order chi connectivity index (χ0) is 11.7. The molecule has 16 heavy (non-hydrogen) atoms. The molecule has 0 fully saturated rings. The highest BCUT2D eigenvalue weighted by Gasteiger charge is 2.30. The summed E-state index contributed by atoms with van der Waals surface area (Å²) < 4.78 is 0. The number of hydrogen-bond acceptors (Lipinski definition) is 1. The molecule has 0 saturated carbocycles. The van der Waals surface area contributed by atoms with Crippen molar-refractivity contribution in [2.45, 2.75) is 19.8 Å². The van der Waals surface area contributed by atoms with Crippen LogP contribution in [-0.4, -0.2) is 5.78 Å². The monoisotopic (exact) mass is 212 g/mol. The van der Waals surface area contributed by atoms with E-state index in [1.807, 2.05) is 12.2 Å². The fourth-order valence-corrected chi connectivity index (χ4v) is 2.24. The normalized spacial score (nSPS) is 23.8. The van der Waals surface area contributed by atoms with E-state index in [-0.39, 0.29) is 17.6 Å². The lowest BCUT2D eigenvalue weighted by atomic mass is 9.84. The molecule has 1 aliphatic rings. The molecule has 1 aromatic rings. The van der Waals surface area contributed by atoms with Gasteiger partial charge in [-0.3, -0.25) is 4.79 Å². The average molecular weight is 212 g/mol. The van der Waals surface area contributed by atoms with Crippen molar-refractivity contribution in [1.82, 2.24) is 0 Å². The van der Waals surface area contributed by atoms with Gasteiger partial charge in [-0.1, -0.05) is 48.6 Å². The zero-order valence-corrected chi connectivity index (χ0v) is 9.73. The molecule has 0 spiro atoms. The molecular formula is C15H16O. The topological polar surface area (TPSA) is 17.1 Å². The van der Waals surface area contributed by atoms with Crippen LogP contribution in [0.25, 0.3) is 0 Å². The zero-order valence-electron chi connectivity index (χ0n) is 9.73. The predicted octanol–water partition coefficient (Wildman–Crippen LogP) is 3.41. The molecule has 0 aromatic heterocycles. The Morgan fingerprint density at radius 2 is 1.88 bits per heavy atom. The Kier molecular flexibility index (Phi) is 2.78. The largest absolute Gasteiger partial charge is 0.299 e. The van der Waals surface area contributed by atoms with Crippen LogP contribution >= 0.6 is 0 Å².